The van der Waals surface area contributed by atoms with Crippen LogP contribution in [0.5, 0.6) is 0 Å². The zero-order valence-electron chi connectivity index (χ0n) is 18.9. The van der Waals surface area contributed by atoms with Crippen LogP contribution in [0.15, 0.2) is 48.8 Å². The van der Waals surface area contributed by atoms with Gasteiger partial charge in [0.2, 0.25) is 15.9 Å². The highest BCUT2D eigenvalue weighted by Crippen LogP contribution is 2.23. The van der Waals surface area contributed by atoms with Crippen molar-refractivity contribution >= 4 is 34.7 Å². The maximum Gasteiger partial charge on any atom is 0.286 e. The van der Waals surface area contributed by atoms with Crippen LogP contribution in [0, 0.1) is 12.8 Å². The standard InChI is InChI=1S/C24H26N6O3S/c1-16-4-6-19(7-5-16)27-21(32)22-28-29-23(34-22)24(33)30-11-8-17(9-12-30)13-20(31)26-15-18-3-2-10-25-14-18/h2-7,10,14,17H,8-9,11-13,15H2,1H3,(H,26,31)(H,27,32). The Morgan fingerprint density at radius 2 is 1.79 bits per heavy atom. The number of carbonyl (C=O) groups is 3. The summed E-state index contributed by atoms with van der Waals surface area (Å²) in [6.45, 7) is 3.52. The van der Waals surface area contributed by atoms with E-state index in [9.17, 15) is 14.4 Å². The van der Waals surface area contributed by atoms with Gasteiger partial charge in [0, 0.05) is 44.1 Å². The second-order valence-corrected chi connectivity index (χ2v) is 9.29. The largest absolute Gasteiger partial charge is 0.352 e. The number of hydrogen-bond donors (Lipinski definition) is 2. The molecular formula is C24H26N6O3S. The number of nitrogens with zero attached hydrogens (tertiary/aromatic N) is 4. The van der Waals surface area contributed by atoms with E-state index in [-0.39, 0.29) is 27.7 Å². The maximum absolute atomic E-state index is 12.8. The van der Waals surface area contributed by atoms with Crippen LogP contribution in [0.25, 0.3) is 0 Å². The van der Waals surface area contributed by atoms with E-state index in [0.29, 0.717) is 31.7 Å². The summed E-state index contributed by atoms with van der Waals surface area (Å²) in [5.74, 6) is -0.395. The van der Waals surface area contributed by atoms with Crippen molar-refractivity contribution in [3.63, 3.8) is 0 Å². The van der Waals surface area contributed by atoms with Gasteiger partial charge < -0.3 is 15.5 Å². The van der Waals surface area contributed by atoms with Crippen LogP contribution in [-0.4, -0.2) is 50.9 Å². The number of aryl methyl sites for hydroxylation is 1. The molecule has 2 N–H and O–H groups in total. The lowest BCUT2D eigenvalue weighted by atomic mass is 9.93. The van der Waals surface area contributed by atoms with Gasteiger partial charge in [0.1, 0.15) is 0 Å². The third-order valence-corrected chi connectivity index (χ3v) is 6.61. The van der Waals surface area contributed by atoms with Gasteiger partial charge in [-0.05, 0) is 49.4 Å². The second-order valence-electron chi connectivity index (χ2n) is 8.31. The molecule has 0 unspecified atom stereocenters. The Kier molecular flexibility index (Phi) is 7.58. The van der Waals surface area contributed by atoms with Crippen molar-refractivity contribution in [2.24, 2.45) is 5.92 Å². The summed E-state index contributed by atoms with van der Waals surface area (Å²) in [5, 5.41) is 13.9. The molecule has 34 heavy (non-hydrogen) atoms. The molecule has 4 rings (SSSR count). The number of rotatable bonds is 7. The number of aromatic nitrogens is 3. The maximum atomic E-state index is 12.8. The Morgan fingerprint density at radius 1 is 1.06 bits per heavy atom. The lowest BCUT2D eigenvalue weighted by molar-refractivity contribution is -0.122. The quantitative estimate of drug-likeness (QED) is 0.539. The molecule has 10 heteroatoms. The Morgan fingerprint density at radius 3 is 2.50 bits per heavy atom. The van der Waals surface area contributed by atoms with E-state index in [0.717, 1.165) is 35.3 Å². The minimum atomic E-state index is -0.392. The van der Waals surface area contributed by atoms with Gasteiger partial charge in [0.25, 0.3) is 11.8 Å². The third kappa shape index (κ3) is 6.22. The molecule has 1 fully saturated rings. The van der Waals surface area contributed by atoms with Crippen molar-refractivity contribution < 1.29 is 14.4 Å². The lowest BCUT2D eigenvalue weighted by Crippen LogP contribution is -2.39. The van der Waals surface area contributed by atoms with Crippen molar-refractivity contribution in [3.05, 3.63) is 69.9 Å². The molecule has 3 aromatic rings. The normalized spacial score (nSPS) is 14.0. The molecule has 0 spiro atoms. The van der Waals surface area contributed by atoms with Crippen molar-refractivity contribution in [2.45, 2.75) is 32.7 Å². The van der Waals surface area contributed by atoms with Crippen LogP contribution in [-0.2, 0) is 11.3 Å². The first kappa shape index (κ1) is 23.5. The first-order valence-electron chi connectivity index (χ1n) is 11.1. The Balaban J connectivity index is 1.23. The molecule has 1 aromatic carbocycles. The first-order chi connectivity index (χ1) is 16.5. The molecule has 9 nitrogen and oxygen atoms in total. The zero-order chi connectivity index (χ0) is 23.9. The van der Waals surface area contributed by atoms with E-state index in [1.165, 1.54) is 0 Å². The Labute approximate surface area is 201 Å². The van der Waals surface area contributed by atoms with Crippen molar-refractivity contribution in [1.29, 1.82) is 0 Å². The van der Waals surface area contributed by atoms with Crippen molar-refractivity contribution in [3.8, 4) is 0 Å². The number of benzene rings is 1. The smallest absolute Gasteiger partial charge is 0.286 e. The summed E-state index contributed by atoms with van der Waals surface area (Å²) in [7, 11) is 0. The summed E-state index contributed by atoms with van der Waals surface area (Å²) >= 11 is 0.986. The summed E-state index contributed by atoms with van der Waals surface area (Å²) in [5.41, 5.74) is 2.71. The molecule has 0 aliphatic carbocycles. The minimum Gasteiger partial charge on any atom is -0.352 e. The average Bonchev–Trinajstić information content (AvgIpc) is 3.35. The number of nitrogens with one attached hydrogen (secondary N) is 2. The fraction of sp³-hybridized carbons (Fsp3) is 0.333. The van der Waals surface area contributed by atoms with Gasteiger partial charge in [-0.3, -0.25) is 19.4 Å². The van der Waals surface area contributed by atoms with Crippen LogP contribution < -0.4 is 10.6 Å². The summed E-state index contributed by atoms with van der Waals surface area (Å²) < 4.78 is 0. The zero-order valence-corrected chi connectivity index (χ0v) is 19.7. The van der Waals surface area contributed by atoms with Gasteiger partial charge in [-0.1, -0.05) is 35.1 Å². The summed E-state index contributed by atoms with van der Waals surface area (Å²) in [6.07, 6.45) is 5.35. The number of carbonyl (C=O) groups excluding carboxylic acids is 3. The number of likely N-dealkylation sites (tertiary alicyclic amines) is 1. The van der Waals surface area contributed by atoms with E-state index in [1.807, 2.05) is 43.3 Å². The fourth-order valence-electron chi connectivity index (χ4n) is 3.74. The fourth-order valence-corrected chi connectivity index (χ4v) is 4.44. The first-order valence-corrected chi connectivity index (χ1v) is 12.0. The van der Waals surface area contributed by atoms with Gasteiger partial charge >= 0.3 is 0 Å². The monoisotopic (exact) mass is 478 g/mol. The number of amides is 3. The van der Waals surface area contributed by atoms with Crippen LogP contribution in [0.2, 0.25) is 0 Å². The summed E-state index contributed by atoms with van der Waals surface area (Å²) in [6, 6.07) is 11.2. The average molecular weight is 479 g/mol. The van der Waals surface area contributed by atoms with Crippen LogP contribution in [0.4, 0.5) is 5.69 Å². The molecule has 0 atom stereocenters. The van der Waals surface area contributed by atoms with E-state index >= 15 is 0 Å². The predicted octanol–water partition coefficient (Wildman–Crippen LogP) is 3.05. The molecular weight excluding hydrogens is 452 g/mol. The Bertz CT molecular complexity index is 1140. The molecule has 3 amide bonds. The number of piperidine rings is 1. The highest BCUT2D eigenvalue weighted by molar-refractivity contribution is 7.15. The summed E-state index contributed by atoms with van der Waals surface area (Å²) in [4.78, 5) is 43.3. The van der Waals surface area contributed by atoms with Crippen LogP contribution in [0.1, 0.15) is 50.0 Å². The molecule has 1 saturated heterocycles. The number of pyridine rings is 1. The molecule has 3 heterocycles. The van der Waals surface area contributed by atoms with Crippen molar-refractivity contribution in [2.75, 3.05) is 18.4 Å². The minimum absolute atomic E-state index is 0.00184. The van der Waals surface area contributed by atoms with Crippen LogP contribution >= 0.6 is 11.3 Å². The van der Waals surface area contributed by atoms with Gasteiger partial charge in [-0.25, -0.2) is 0 Å². The number of anilines is 1. The van der Waals surface area contributed by atoms with Gasteiger partial charge in [0.15, 0.2) is 0 Å². The molecule has 2 aromatic heterocycles. The Hall–Kier alpha value is -3.66. The van der Waals surface area contributed by atoms with Gasteiger partial charge in [-0.2, -0.15) is 0 Å². The van der Waals surface area contributed by atoms with Gasteiger partial charge in [-0.15, -0.1) is 10.2 Å². The van der Waals surface area contributed by atoms with E-state index in [1.54, 1.807) is 17.3 Å². The van der Waals surface area contributed by atoms with Crippen molar-refractivity contribution in [1.82, 2.24) is 25.4 Å². The topological polar surface area (TPSA) is 117 Å². The molecule has 176 valence electrons. The van der Waals surface area contributed by atoms with Crippen LogP contribution in [0.3, 0.4) is 0 Å². The predicted molar refractivity (Wildman–Crippen MR) is 128 cm³/mol. The van der Waals surface area contributed by atoms with E-state index in [2.05, 4.69) is 25.8 Å². The van der Waals surface area contributed by atoms with E-state index < -0.39 is 5.91 Å². The highest BCUT2D eigenvalue weighted by Gasteiger charge is 2.27. The second kappa shape index (κ2) is 11.0. The van der Waals surface area contributed by atoms with Gasteiger partial charge in [0.05, 0.1) is 0 Å². The molecule has 1 aliphatic rings. The highest BCUT2D eigenvalue weighted by atomic mass is 32.1. The SMILES string of the molecule is Cc1ccc(NC(=O)c2nnc(C(=O)N3CCC(CC(=O)NCc4cccnc4)CC3)s2)cc1. The van der Waals surface area contributed by atoms with E-state index in [4.69, 9.17) is 0 Å². The molecule has 1 aliphatic heterocycles. The molecule has 0 bridgehead atoms. The third-order valence-electron chi connectivity index (χ3n) is 5.70. The molecule has 0 saturated carbocycles. The lowest BCUT2D eigenvalue weighted by Gasteiger charge is -2.31. The molecule has 0 radical (unpaired) electrons. The number of hydrogen-bond acceptors (Lipinski definition) is 7.